The highest BCUT2D eigenvalue weighted by atomic mass is 35.5. The number of piperidine rings is 1. The summed E-state index contributed by atoms with van der Waals surface area (Å²) in [6.45, 7) is 7.45. The molecule has 0 unspecified atom stereocenters. The molecule has 1 aromatic carbocycles. The highest BCUT2D eigenvalue weighted by molar-refractivity contribution is 5.85. The standard InChI is InChI=1S/C17H28N2O2.ClH/c1-3-12-19(15-8-10-18-11-9-15)13-14-21-17-6-4-16(20-2)5-7-17;/h4-7,15,18H,3,8-14H2,1-2H3;1H. The summed E-state index contributed by atoms with van der Waals surface area (Å²) in [5.41, 5.74) is 0. The van der Waals surface area contributed by atoms with E-state index in [-0.39, 0.29) is 12.4 Å². The molecule has 0 saturated carbocycles. The van der Waals surface area contributed by atoms with Crippen LogP contribution in [0.1, 0.15) is 26.2 Å². The lowest BCUT2D eigenvalue weighted by atomic mass is 10.0. The van der Waals surface area contributed by atoms with Crippen molar-refractivity contribution in [2.24, 2.45) is 0 Å². The van der Waals surface area contributed by atoms with Crippen LogP contribution in [-0.2, 0) is 0 Å². The third-order valence-corrected chi connectivity index (χ3v) is 4.04. The number of rotatable bonds is 8. The van der Waals surface area contributed by atoms with Gasteiger partial charge in [-0.05, 0) is 63.2 Å². The van der Waals surface area contributed by atoms with Crippen molar-refractivity contribution in [3.05, 3.63) is 24.3 Å². The second kappa shape index (κ2) is 10.7. The minimum atomic E-state index is 0. The molecule has 0 spiro atoms. The molecular weight excluding hydrogens is 300 g/mol. The third-order valence-electron chi connectivity index (χ3n) is 4.04. The fourth-order valence-electron chi connectivity index (χ4n) is 2.89. The van der Waals surface area contributed by atoms with E-state index in [9.17, 15) is 0 Å². The zero-order chi connectivity index (χ0) is 14.9. The zero-order valence-corrected chi connectivity index (χ0v) is 14.5. The summed E-state index contributed by atoms with van der Waals surface area (Å²) >= 11 is 0. The van der Waals surface area contributed by atoms with Crippen molar-refractivity contribution < 1.29 is 9.47 Å². The number of hydrogen-bond donors (Lipinski definition) is 1. The Balaban J connectivity index is 0.00000242. The average molecular weight is 329 g/mol. The SMILES string of the molecule is CCCN(CCOc1ccc(OC)cc1)C1CCNCC1.Cl. The molecule has 4 nitrogen and oxygen atoms in total. The molecule has 22 heavy (non-hydrogen) atoms. The molecule has 0 aliphatic carbocycles. The van der Waals surface area contributed by atoms with Crippen molar-refractivity contribution in [2.45, 2.75) is 32.2 Å². The van der Waals surface area contributed by atoms with E-state index in [1.807, 2.05) is 24.3 Å². The van der Waals surface area contributed by atoms with Crippen LogP contribution in [0.3, 0.4) is 0 Å². The van der Waals surface area contributed by atoms with Crippen molar-refractivity contribution in [3.8, 4) is 11.5 Å². The number of nitrogens with one attached hydrogen (secondary N) is 1. The Labute approximate surface area is 140 Å². The number of benzene rings is 1. The minimum Gasteiger partial charge on any atom is -0.497 e. The quantitative estimate of drug-likeness (QED) is 0.795. The summed E-state index contributed by atoms with van der Waals surface area (Å²) in [6.07, 6.45) is 3.71. The largest absolute Gasteiger partial charge is 0.497 e. The maximum atomic E-state index is 5.86. The summed E-state index contributed by atoms with van der Waals surface area (Å²) in [5.74, 6) is 1.78. The van der Waals surface area contributed by atoms with Crippen LogP contribution in [0.15, 0.2) is 24.3 Å². The van der Waals surface area contributed by atoms with E-state index < -0.39 is 0 Å². The second-order valence-corrected chi connectivity index (χ2v) is 5.54. The van der Waals surface area contributed by atoms with Crippen molar-refractivity contribution in [1.82, 2.24) is 10.2 Å². The maximum absolute atomic E-state index is 5.86. The van der Waals surface area contributed by atoms with Crippen LogP contribution in [-0.4, -0.2) is 50.8 Å². The fraction of sp³-hybridized carbons (Fsp3) is 0.647. The molecule has 1 aliphatic rings. The lowest BCUT2D eigenvalue weighted by molar-refractivity contribution is 0.135. The summed E-state index contributed by atoms with van der Waals surface area (Å²) in [7, 11) is 1.68. The Hall–Kier alpha value is -0.970. The van der Waals surface area contributed by atoms with Gasteiger partial charge in [0.2, 0.25) is 0 Å². The van der Waals surface area contributed by atoms with Crippen LogP contribution in [0.4, 0.5) is 0 Å². The predicted octanol–water partition coefficient (Wildman–Crippen LogP) is 2.96. The predicted molar refractivity (Wildman–Crippen MR) is 93.5 cm³/mol. The molecule has 126 valence electrons. The lowest BCUT2D eigenvalue weighted by Gasteiger charge is -2.34. The van der Waals surface area contributed by atoms with E-state index in [4.69, 9.17) is 9.47 Å². The van der Waals surface area contributed by atoms with E-state index in [1.165, 1.54) is 19.3 Å². The lowest BCUT2D eigenvalue weighted by Crippen LogP contribution is -2.45. The number of methoxy groups -OCH3 is 1. The average Bonchev–Trinajstić information content (AvgIpc) is 2.55. The van der Waals surface area contributed by atoms with Gasteiger partial charge < -0.3 is 14.8 Å². The van der Waals surface area contributed by atoms with Crippen LogP contribution in [0, 0.1) is 0 Å². The highest BCUT2D eigenvalue weighted by Crippen LogP contribution is 2.17. The van der Waals surface area contributed by atoms with Gasteiger partial charge in [-0.1, -0.05) is 6.92 Å². The van der Waals surface area contributed by atoms with Crippen molar-refractivity contribution in [1.29, 1.82) is 0 Å². The summed E-state index contributed by atoms with van der Waals surface area (Å²) in [6, 6.07) is 8.52. The van der Waals surface area contributed by atoms with Gasteiger partial charge in [-0.25, -0.2) is 0 Å². The third kappa shape index (κ3) is 6.03. The number of hydrogen-bond acceptors (Lipinski definition) is 4. The van der Waals surface area contributed by atoms with Gasteiger partial charge in [0.05, 0.1) is 7.11 Å². The van der Waals surface area contributed by atoms with Crippen LogP contribution in [0.5, 0.6) is 11.5 Å². The molecular formula is C17H29ClN2O2. The first-order chi connectivity index (χ1) is 10.3. The molecule has 1 N–H and O–H groups in total. The van der Waals surface area contributed by atoms with Crippen LogP contribution < -0.4 is 14.8 Å². The van der Waals surface area contributed by atoms with Gasteiger partial charge in [0.25, 0.3) is 0 Å². The van der Waals surface area contributed by atoms with Crippen molar-refractivity contribution >= 4 is 12.4 Å². The Morgan fingerprint density at radius 1 is 1.09 bits per heavy atom. The molecule has 0 bridgehead atoms. The number of nitrogens with zero attached hydrogens (tertiary/aromatic N) is 1. The molecule has 0 aromatic heterocycles. The molecule has 1 aliphatic heterocycles. The van der Waals surface area contributed by atoms with E-state index in [0.717, 1.165) is 44.3 Å². The Morgan fingerprint density at radius 3 is 2.32 bits per heavy atom. The smallest absolute Gasteiger partial charge is 0.119 e. The first-order valence-corrected chi connectivity index (χ1v) is 8.05. The Bertz CT molecular complexity index is 394. The van der Waals surface area contributed by atoms with E-state index >= 15 is 0 Å². The van der Waals surface area contributed by atoms with Crippen molar-refractivity contribution in [2.75, 3.05) is 39.9 Å². The van der Waals surface area contributed by atoms with Gasteiger partial charge in [-0.2, -0.15) is 0 Å². The van der Waals surface area contributed by atoms with Gasteiger partial charge >= 0.3 is 0 Å². The molecule has 0 amide bonds. The van der Waals surface area contributed by atoms with Crippen LogP contribution >= 0.6 is 12.4 Å². The van der Waals surface area contributed by atoms with Gasteiger partial charge in [0.1, 0.15) is 18.1 Å². The molecule has 0 radical (unpaired) electrons. The van der Waals surface area contributed by atoms with Crippen LogP contribution in [0.2, 0.25) is 0 Å². The van der Waals surface area contributed by atoms with E-state index in [1.54, 1.807) is 7.11 Å². The van der Waals surface area contributed by atoms with Gasteiger partial charge in [-0.15, -0.1) is 12.4 Å². The van der Waals surface area contributed by atoms with Crippen LogP contribution in [0.25, 0.3) is 0 Å². The number of halogens is 1. The fourth-order valence-corrected chi connectivity index (χ4v) is 2.89. The Kier molecular flexibility index (Phi) is 9.28. The van der Waals surface area contributed by atoms with Gasteiger partial charge in [-0.3, -0.25) is 4.90 Å². The molecule has 1 saturated heterocycles. The summed E-state index contributed by atoms with van der Waals surface area (Å²) in [4.78, 5) is 2.59. The maximum Gasteiger partial charge on any atom is 0.119 e. The first-order valence-electron chi connectivity index (χ1n) is 8.05. The topological polar surface area (TPSA) is 33.7 Å². The molecule has 1 aromatic rings. The highest BCUT2D eigenvalue weighted by Gasteiger charge is 2.19. The number of ether oxygens (including phenoxy) is 2. The van der Waals surface area contributed by atoms with Gasteiger partial charge in [0.15, 0.2) is 0 Å². The zero-order valence-electron chi connectivity index (χ0n) is 13.7. The Morgan fingerprint density at radius 2 is 1.73 bits per heavy atom. The molecule has 1 heterocycles. The first kappa shape index (κ1) is 19.1. The van der Waals surface area contributed by atoms with E-state index in [0.29, 0.717) is 6.04 Å². The van der Waals surface area contributed by atoms with Gasteiger partial charge in [0, 0.05) is 12.6 Å². The monoisotopic (exact) mass is 328 g/mol. The molecule has 1 fully saturated rings. The minimum absolute atomic E-state index is 0. The molecule has 0 atom stereocenters. The molecule has 2 rings (SSSR count). The summed E-state index contributed by atoms with van der Waals surface area (Å²) in [5, 5.41) is 3.43. The normalized spacial score (nSPS) is 15.4. The second-order valence-electron chi connectivity index (χ2n) is 5.54. The van der Waals surface area contributed by atoms with Crippen molar-refractivity contribution in [3.63, 3.8) is 0 Å². The molecule has 5 heteroatoms. The summed E-state index contributed by atoms with van der Waals surface area (Å²) < 4.78 is 11.0. The van der Waals surface area contributed by atoms with E-state index in [2.05, 4.69) is 17.1 Å².